The molecule has 204 valence electrons. The maximum Gasteiger partial charge on any atom is 0.347 e. The first-order chi connectivity index (χ1) is 18.5. The van der Waals surface area contributed by atoms with Gasteiger partial charge in [-0.05, 0) is 73.2 Å². The standard InChI is InChI=1S/C23H20N2O8P2S4/c24-15-3-12-21(33-22(27)2-1-13-31-25(29)30)20(14-15)23(28)32-17-6-10-19(11-7-17)35(37)38-34(36,39-35)18-8-4-16(26)5-9-18/h3-12,14,26H,1-2,13,24H2. The molecule has 0 amide bonds. The summed E-state index contributed by atoms with van der Waals surface area (Å²) in [5, 5.41) is 20.7. The number of nitrogen functional groups attached to an aromatic ring is 1. The van der Waals surface area contributed by atoms with Gasteiger partial charge in [0.15, 0.2) is 0 Å². The van der Waals surface area contributed by atoms with E-state index in [1.165, 1.54) is 18.2 Å². The number of nitrogens with zero attached hydrogens (tertiary/aromatic N) is 1. The zero-order valence-corrected chi connectivity index (χ0v) is 24.9. The van der Waals surface area contributed by atoms with E-state index in [1.807, 2.05) is 24.3 Å². The molecule has 3 aromatic rings. The van der Waals surface area contributed by atoms with Crippen LogP contribution in [0, 0.1) is 10.1 Å². The summed E-state index contributed by atoms with van der Waals surface area (Å²) in [5.41, 5.74) is 6.02. The van der Waals surface area contributed by atoms with Crippen molar-refractivity contribution in [1.82, 2.24) is 0 Å². The summed E-state index contributed by atoms with van der Waals surface area (Å²) in [6, 6.07) is 18.0. The first kappa shape index (κ1) is 29.4. The minimum absolute atomic E-state index is 0.0521. The molecule has 39 heavy (non-hydrogen) atoms. The Morgan fingerprint density at radius 3 is 2.13 bits per heavy atom. The number of nitrogens with two attached hydrogens (primary N) is 1. The molecule has 1 aliphatic rings. The van der Waals surface area contributed by atoms with Crippen LogP contribution in [-0.2, 0) is 33.2 Å². The average molecular weight is 643 g/mol. The van der Waals surface area contributed by atoms with Crippen LogP contribution in [0.2, 0.25) is 0 Å². The van der Waals surface area contributed by atoms with Crippen LogP contribution in [0.1, 0.15) is 23.2 Å². The predicted octanol–water partition coefficient (Wildman–Crippen LogP) is 5.14. The molecular weight excluding hydrogens is 622 g/mol. The Balaban J connectivity index is 1.39. The van der Waals surface area contributed by atoms with Crippen molar-refractivity contribution in [3.05, 3.63) is 82.4 Å². The molecule has 0 spiro atoms. The number of benzene rings is 3. The number of esters is 2. The molecule has 10 nitrogen and oxygen atoms in total. The lowest BCUT2D eigenvalue weighted by Crippen LogP contribution is -2.15. The summed E-state index contributed by atoms with van der Waals surface area (Å²) in [7, 11) is 0. The Morgan fingerprint density at radius 2 is 1.54 bits per heavy atom. The second-order valence-electron chi connectivity index (χ2n) is 7.95. The maximum absolute atomic E-state index is 12.9. The van der Waals surface area contributed by atoms with E-state index in [-0.39, 0.29) is 47.9 Å². The largest absolute Gasteiger partial charge is 0.508 e. The molecule has 0 saturated carbocycles. The quantitative estimate of drug-likeness (QED) is 0.0572. The molecule has 1 saturated heterocycles. The smallest absolute Gasteiger partial charge is 0.347 e. The van der Waals surface area contributed by atoms with Crippen molar-refractivity contribution in [1.29, 1.82) is 0 Å². The normalized spacial score (nSPS) is 19.9. The highest BCUT2D eigenvalue weighted by atomic mass is 33.7. The lowest BCUT2D eigenvalue weighted by Gasteiger charge is -2.40. The molecule has 0 atom stereocenters. The first-order valence-corrected chi connectivity index (χ1v) is 20.8. The summed E-state index contributed by atoms with van der Waals surface area (Å²) < 4.78 is 6.80. The van der Waals surface area contributed by atoms with Gasteiger partial charge in [-0.25, -0.2) is 4.79 Å². The molecule has 4 rings (SSSR count). The third-order valence-electron chi connectivity index (χ3n) is 5.13. The van der Waals surface area contributed by atoms with Crippen molar-refractivity contribution in [2.45, 2.75) is 12.8 Å². The number of aromatic hydroxyl groups is 1. The maximum atomic E-state index is 12.9. The van der Waals surface area contributed by atoms with Crippen LogP contribution >= 0.6 is 30.9 Å². The third-order valence-corrected chi connectivity index (χ3v) is 36.4. The zero-order chi connectivity index (χ0) is 28.2. The van der Waals surface area contributed by atoms with Gasteiger partial charge in [-0.1, -0.05) is 45.6 Å². The van der Waals surface area contributed by atoms with Gasteiger partial charge in [-0.15, -0.1) is 10.1 Å². The van der Waals surface area contributed by atoms with Gasteiger partial charge in [-0.3, -0.25) is 4.79 Å². The van der Waals surface area contributed by atoms with E-state index in [9.17, 15) is 24.8 Å². The van der Waals surface area contributed by atoms with E-state index < -0.39 is 25.9 Å². The predicted molar refractivity (Wildman–Crippen MR) is 161 cm³/mol. The van der Waals surface area contributed by atoms with E-state index in [0.717, 1.165) is 10.6 Å². The first-order valence-electron chi connectivity index (χ1n) is 11.1. The Kier molecular flexibility index (Phi) is 9.25. The van der Waals surface area contributed by atoms with Gasteiger partial charge < -0.3 is 25.2 Å². The topological polar surface area (TPSA) is 151 Å². The molecular formula is C23H20N2O8P2S4. The number of anilines is 1. The summed E-state index contributed by atoms with van der Waals surface area (Å²) in [6.07, 6.45) is -0.0925. The number of phenols is 1. The second kappa shape index (κ2) is 12.3. The monoisotopic (exact) mass is 642 g/mol. The minimum atomic E-state index is -2.02. The van der Waals surface area contributed by atoms with E-state index in [4.69, 9.17) is 38.8 Å². The van der Waals surface area contributed by atoms with Crippen molar-refractivity contribution in [2.75, 3.05) is 12.3 Å². The lowest BCUT2D eigenvalue weighted by atomic mass is 10.1. The fraction of sp³-hybridized carbons (Fsp3) is 0.130. The van der Waals surface area contributed by atoms with Crippen molar-refractivity contribution in [3.8, 4) is 17.2 Å². The van der Waals surface area contributed by atoms with Crippen LogP contribution in [0.4, 0.5) is 5.69 Å². The molecule has 0 aromatic heterocycles. The Bertz CT molecular complexity index is 1510. The van der Waals surface area contributed by atoms with Gasteiger partial charge in [0.25, 0.3) is 5.09 Å². The average Bonchev–Trinajstić information content (AvgIpc) is 2.87. The third kappa shape index (κ3) is 7.33. The Hall–Kier alpha value is -2.60. The number of phenolic OH excluding ortho intramolecular Hbond substituents is 1. The van der Waals surface area contributed by atoms with Crippen molar-refractivity contribution in [2.24, 2.45) is 0 Å². The van der Waals surface area contributed by atoms with Gasteiger partial charge in [0.1, 0.15) is 22.8 Å². The molecule has 16 heteroatoms. The second-order valence-corrected chi connectivity index (χ2v) is 29.2. The molecule has 3 aromatic carbocycles. The van der Waals surface area contributed by atoms with E-state index in [2.05, 4.69) is 4.84 Å². The Labute approximate surface area is 240 Å². The number of ether oxygens (including phenoxy) is 2. The summed E-state index contributed by atoms with van der Waals surface area (Å²) in [4.78, 5) is 39.4. The van der Waals surface area contributed by atoms with Crippen molar-refractivity contribution >= 4 is 82.7 Å². The molecule has 1 aliphatic heterocycles. The number of hydrogen-bond donors (Lipinski definition) is 2. The zero-order valence-electron chi connectivity index (χ0n) is 19.8. The highest BCUT2D eigenvalue weighted by Crippen LogP contribution is 3.04. The fourth-order valence-corrected chi connectivity index (χ4v) is 45.6. The molecule has 0 bridgehead atoms. The summed E-state index contributed by atoms with van der Waals surface area (Å²) in [5.74, 6) is -1.09. The molecule has 1 fully saturated rings. The molecule has 1 heterocycles. The summed E-state index contributed by atoms with van der Waals surface area (Å²) >= 11 is 15.1. The number of rotatable bonds is 10. The highest BCUT2D eigenvalue weighted by molar-refractivity contribution is 9.48. The molecule has 0 radical (unpaired) electrons. The summed E-state index contributed by atoms with van der Waals surface area (Å²) in [6.45, 7) is -0.258. The number of carbonyl (C=O) groups is 2. The van der Waals surface area contributed by atoms with Crippen LogP contribution in [0.3, 0.4) is 0 Å². The SMILES string of the molecule is Nc1ccc(OC(=O)CCCO[N+](=O)[O-])c(C(=O)Oc2ccc(P3(=S)SP(=S)(c4ccc(O)cc4)S3)cc2)c1. The van der Waals surface area contributed by atoms with Crippen LogP contribution in [0.5, 0.6) is 17.2 Å². The minimum Gasteiger partial charge on any atom is -0.508 e. The van der Waals surface area contributed by atoms with Crippen LogP contribution in [-0.4, -0.2) is 28.7 Å². The van der Waals surface area contributed by atoms with Crippen molar-refractivity contribution in [3.63, 3.8) is 0 Å². The number of carbonyl (C=O) groups excluding carboxylic acids is 2. The van der Waals surface area contributed by atoms with E-state index in [1.54, 1.807) is 46.3 Å². The van der Waals surface area contributed by atoms with Crippen LogP contribution < -0.4 is 25.8 Å². The molecule has 0 aliphatic carbocycles. The van der Waals surface area contributed by atoms with Gasteiger partial charge >= 0.3 is 11.9 Å². The van der Waals surface area contributed by atoms with Gasteiger partial charge in [0.2, 0.25) is 0 Å². The van der Waals surface area contributed by atoms with Gasteiger partial charge in [-0.2, -0.15) is 0 Å². The Morgan fingerprint density at radius 1 is 0.949 bits per heavy atom. The lowest BCUT2D eigenvalue weighted by molar-refractivity contribution is -0.757. The fourth-order valence-electron chi connectivity index (χ4n) is 3.30. The highest BCUT2D eigenvalue weighted by Gasteiger charge is 2.45. The van der Waals surface area contributed by atoms with Gasteiger partial charge in [0, 0.05) is 22.7 Å². The molecule has 0 unspecified atom stereocenters. The van der Waals surface area contributed by atoms with Crippen LogP contribution in [0.25, 0.3) is 0 Å². The molecule has 3 N–H and O–H groups in total. The van der Waals surface area contributed by atoms with E-state index >= 15 is 0 Å². The van der Waals surface area contributed by atoms with E-state index in [0.29, 0.717) is 0 Å². The van der Waals surface area contributed by atoms with Gasteiger partial charge in [0.05, 0.1) is 15.5 Å². The number of hydrogen-bond acceptors (Lipinski definition) is 13. The van der Waals surface area contributed by atoms with Crippen molar-refractivity contribution < 1.29 is 34.1 Å². The van der Waals surface area contributed by atoms with Crippen LogP contribution in [0.15, 0.2) is 66.7 Å².